The predicted octanol–water partition coefficient (Wildman–Crippen LogP) is 2.60. The first-order chi connectivity index (χ1) is 12.9. The number of aryl methyl sites for hydroxylation is 2. The van der Waals surface area contributed by atoms with Crippen molar-refractivity contribution in [3.63, 3.8) is 0 Å². The average Bonchev–Trinajstić information content (AvgIpc) is 2.97. The molecule has 0 bridgehead atoms. The minimum atomic E-state index is -0.636. The Morgan fingerprint density at radius 2 is 1.93 bits per heavy atom. The number of halogens is 1. The molecule has 10 nitrogen and oxygen atoms in total. The second kappa shape index (κ2) is 7.38. The van der Waals surface area contributed by atoms with Crippen LogP contribution in [0.1, 0.15) is 21.7 Å². The van der Waals surface area contributed by atoms with Gasteiger partial charge in [-0.05, 0) is 44.2 Å². The van der Waals surface area contributed by atoms with Crippen LogP contribution in [0.5, 0.6) is 0 Å². The summed E-state index contributed by atoms with van der Waals surface area (Å²) in [6.45, 7) is 3.52. The highest BCUT2D eigenvalue weighted by atomic mass is 35.5. The van der Waals surface area contributed by atoms with Gasteiger partial charge < -0.3 is 0 Å². The van der Waals surface area contributed by atoms with E-state index in [1.165, 1.54) is 16.8 Å². The summed E-state index contributed by atoms with van der Waals surface area (Å²) < 4.78 is 1.35. The summed E-state index contributed by atoms with van der Waals surface area (Å²) in [7, 11) is 0. The Labute approximate surface area is 158 Å². The summed E-state index contributed by atoms with van der Waals surface area (Å²) in [6.07, 6.45) is 1.15. The number of hydrogen-bond acceptors (Lipinski definition) is 7. The van der Waals surface area contributed by atoms with Crippen molar-refractivity contribution < 1.29 is 9.72 Å². The van der Waals surface area contributed by atoms with Crippen LogP contribution in [0.15, 0.2) is 36.7 Å². The van der Waals surface area contributed by atoms with E-state index < -0.39 is 16.5 Å². The molecular weight excluding hydrogens is 374 g/mol. The van der Waals surface area contributed by atoms with E-state index >= 15 is 0 Å². The lowest BCUT2D eigenvalue weighted by molar-refractivity contribution is -0.384. The summed E-state index contributed by atoms with van der Waals surface area (Å²) >= 11 is 5.79. The lowest BCUT2D eigenvalue weighted by Gasteiger charge is -2.10. The quantitative estimate of drug-likeness (QED) is 0.508. The van der Waals surface area contributed by atoms with E-state index in [1.807, 2.05) is 0 Å². The van der Waals surface area contributed by atoms with Crippen molar-refractivity contribution in [2.75, 3.05) is 5.43 Å². The minimum absolute atomic E-state index is 0.0103. The fraction of sp³-hybridized carbons (Fsp3) is 0.125. The molecule has 0 aliphatic rings. The molecule has 1 amide bonds. The van der Waals surface area contributed by atoms with E-state index in [2.05, 4.69) is 25.9 Å². The van der Waals surface area contributed by atoms with Crippen molar-refractivity contribution in [2.45, 2.75) is 13.8 Å². The monoisotopic (exact) mass is 387 g/mol. The maximum absolute atomic E-state index is 12.2. The normalized spacial score (nSPS) is 10.5. The van der Waals surface area contributed by atoms with E-state index in [0.717, 1.165) is 6.33 Å². The molecule has 138 valence electrons. The molecule has 3 aromatic rings. The molecule has 0 unspecified atom stereocenters. The third kappa shape index (κ3) is 3.85. The van der Waals surface area contributed by atoms with Gasteiger partial charge in [-0.15, -0.1) is 0 Å². The van der Waals surface area contributed by atoms with Gasteiger partial charge >= 0.3 is 5.69 Å². The third-order valence-electron chi connectivity index (χ3n) is 3.60. The number of amides is 1. The van der Waals surface area contributed by atoms with Crippen molar-refractivity contribution in [1.82, 2.24) is 25.2 Å². The van der Waals surface area contributed by atoms with Gasteiger partial charge in [0.2, 0.25) is 11.6 Å². The second-order valence-corrected chi connectivity index (χ2v) is 6.01. The standard InChI is InChI=1S/C16H14ClN7O3/c1-9-7-10(2)23(22-9)15-13(24(26)27)14(18-8-19-15)20-21-16(25)11-3-5-12(17)6-4-11/h3-8H,1-2H3,(H,21,25)(H,18,19,20). The van der Waals surface area contributed by atoms with Crippen LogP contribution in [-0.4, -0.2) is 30.6 Å². The molecule has 11 heteroatoms. The van der Waals surface area contributed by atoms with Gasteiger partial charge in [-0.2, -0.15) is 5.10 Å². The van der Waals surface area contributed by atoms with Crippen molar-refractivity contribution in [3.05, 3.63) is 68.7 Å². The molecular formula is C16H14ClN7O3. The van der Waals surface area contributed by atoms with Gasteiger partial charge in [0.15, 0.2) is 0 Å². The van der Waals surface area contributed by atoms with E-state index in [4.69, 9.17) is 11.6 Å². The van der Waals surface area contributed by atoms with Gasteiger partial charge in [0.05, 0.1) is 10.6 Å². The first-order valence-corrected chi connectivity index (χ1v) is 8.09. The predicted molar refractivity (Wildman–Crippen MR) is 97.8 cm³/mol. The molecule has 2 N–H and O–H groups in total. The Kier molecular flexibility index (Phi) is 4.99. The molecule has 0 atom stereocenters. The van der Waals surface area contributed by atoms with Crippen LogP contribution in [0.3, 0.4) is 0 Å². The minimum Gasteiger partial charge on any atom is -0.276 e. The molecule has 0 radical (unpaired) electrons. The zero-order chi connectivity index (χ0) is 19.6. The average molecular weight is 388 g/mol. The molecule has 0 saturated heterocycles. The van der Waals surface area contributed by atoms with E-state index in [0.29, 0.717) is 22.0 Å². The molecule has 2 heterocycles. The Balaban J connectivity index is 1.90. The fourth-order valence-electron chi connectivity index (χ4n) is 2.42. The van der Waals surface area contributed by atoms with Crippen LogP contribution in [0, 0.1) is 24.0 Å². The van der Waals surface area contributed by atoms with Gasteiger partial charge in [-0.1, -0.05) is 11.6 Å². The number of rotatable bonds is 5. The molecule has 0 saturated carbocycles. The number of benzene rings is 1. The number of nitro groups is 1. The lowest BCUT2D eigenvalue weighted by atomic mass is 10.2. The van der Waals surface area contributed by atoms with Crippen LogP contribution in [0.25, 0.3) is 5.82 Å². The molecule has 1 aromatic carbocycles. The van der Waals surface area contributed by atoms with Crippen LogP contribution >= 0.6 is 11.6 Å². The smallest absolute Gasteiger partial charge is 0.276 e. The number of hydrogen-bond donors (Lipinski definition) is 2. The zero-order valence-electron chi connectivity index (χ0n) is 14.3. The van der Waals surface area contributed by atoms with Crippen molar-refractivity contribution in [2.24, 2.45) is 0 Å². The van der Waals surface area contributed by atoms with Gasteiger partial charge in [0, 0.05) is 16.3 Å². The highest BCUT2D eigenvalue weighted by Gasteiger charge is 2.26. The first kappa shape index (κ1) is 18.3. The van der Waals surface area contributed by atoms with Crippen molar-refractivity contribution in [3.8, 4) is 5.82 Å². The number of carbonyl (C=O) groups excluding carboxylic acids is 1. The van der Waals surface area contributed by atoms with Crippen molar-refractivity contribution >= 4 is 29.0 Å². The number of anilines is 1. The van der Waals surface area contributed by atoms with Crippen LogP contribution in [-0.2, 0) is 0 Å². The van der Waals surface area contributed by atoms with Gasteiger partial charge in [0.25, 0.3) is 5.91 Å². The molecule has 0 aliphatic heterocycles. The van der Waals surface area contributed by atoms with Crippen molar-refractivity contribution in [1.29, 1.82) is 0 Å². The summed E-state index contributed by atoms with van der Waals surface area (Å²) in [5.74, 6) is -0.684. The maximum Gasteiger partial charge on any atom is 0.357 e. The number of aromatic nitrogens is 4. The first-order valence-electron chi connectivity index (χ1n) is 7.72. The highest BCUT2D eigenvalue weighted by Crippen LogP contribution is 2.27. The van der Waals surface area contributed by atoms with E-state index in [-0.39, 0.29) is 11.6 Å². The molecule has 2 aromatic heterocycles. The molecule has 0 fully saturated rings. The van der Waals surface area contributed by atoms with Crippen LogP contribution in [0.4, 0.5) is 11.5 Å². The molecule has 3 rings (SSSR count). The van der Waals surface area contributed by atoms with E-state index in [9.17, 15) is 14.9 Å². The summed E-state index contributed by atoms with van der Waals surface area (Å²) in [5, 5.41) is 16.3. The molecule has 0 spiro atoms. The fourth-order valence-corrected chi connectivity index (χ4v) is 2.54. The van der Waals surface area contributed by atoms with Gasteiger partial charge in [0.1, 0.15) is 6.33 Å². The Morgan fingerprint density at radius 1 is 1.22 bits per heavy atom. The summed E-state index contributed by atoms with van der Waals surface area (Å²) in [6, 6.07) is 7.93. The van der Waals surface area contributed by atoms with Crippen LogP contribution in [0.2, 0.25) is 5.02 Å². The SMILES string of the molecule is Cc1cc(C)n(-c2ncnc(NNC(=O)c3ccc(Cl)cc3)c2[N+](=O)[O-])n1. The largest absolute Gasteiger partial charge is 0.357 e. The maximum atomic E-state index is 12.2. The Bertz CT molecular complexity index is 1020. The number of nitrogens with zero attached hydrogens (tertiary/aromatic N) is 5. The van der Waals surface area contributed by atoms with Gasteiger partial charge in [-0.3, -0.25) is 25.8 Å². The number of carbonyl (C=O) groups is 1. The Morgan fingerprint density at radius 3 is 2.52 bits per heavy atom. The Hall–Kier alpha value is -3.53. The summed E-state index contributed by atoms with van der Waals surface area (Å²) in [4.78, 5) is 31.0. The highest BCUT2D eigenvalue weighted by molar-refractivity contribution is 6.30. The summed E-state index contributed by atoms with van der Waals surface area (Å²) in [5.41, 5.74) is 6.11. The van der Waals surface area contributed by atoms with Gasteiger partial charge in [-0.25, -0.2) is 14.6 Å². The second-order valence-electron chi connectivity index (χ2n) is 5.58. The topological polar surface area (TPSA) is 128 Å². The number of nitrogens with one attached hydrogen (secondary N) is 2. The molecule has 27 heavy (non-hydrogen) atoms. The third-order valence-corrected chi connectivity index (χ3v) is 3.85. The molecule has 0 aliphatic carbocycles. The number of hydrazine groups is 1. The van der Waals surface area contributed by atoms with E-state index in [1.54, 1.807) is 32.0 Å². The van der Waals surface area contributed by atoms with Crippen LogP contribution < -0.4 is 10.9 Å². The lowest BCUT2D eigenvalue weighted by Crippen LogP contribution is -2.30. The zero-order valence-corrected chi connectivity index (χ0v) is 15.1.